The molecule has 2 aromatic carbocycles. The number of hydrogen-bond donors (Lipinski definition) is 1. The van der Waals surface area contributed by atoms with Crippen molar-refractivity contribution in [3.05, 3.63) is 82.9 Å². The Morgan fingerprint density at radius 2 is 1.85 bits per heavy atom. The second-order valence-electron chi connectivity index (χ2n) is 6.07. The highest BCUT2D eigenvalue weighted by molar-refractivity contribution is 5.97. The number of nitrogens with two attached hydrogens (primary N) is 1. The summed E-state index contributed by atoms with van der Waals surface area (Å²) in [5.74, 6) is 5.35. The molecule has 0 unspecified atom stereocenters. The fourth-order valence-electron chi connectivity index (χ4n) is 3.09. The molecule has 3 aromatic rings. The number of carbonyl (C=O) groups excluding carboxylic acids is 1. The van der Waals surface area contributed by atoms with Gasteiger partial charge < -0.3 is 10.6 Å². The quantitative estimate of drug-likeness (QED) is 0.556. The molecule has 0 amide bonds. The van der Waals surface area contributed by atoms with E-state index < -0.39 is 5.97 Å². The van der Waals surface area contributed by atoms with Gasteiger partial charge >= 0.3 is 5.97 Å². The molecule has 4 nitrogen and oxygen atoms in total. The smallest absolute Gasteiger partial charge is 0.357 e. The van der Waals surface area contributed by atoms with Crippen LogP contribution in [0.1, 0.15) is 34.1 Å². The predicted molar refractivity (Wildman–Crippen MR) is 99.9 cm³/mol. The van der Waals surface area contributed by atoms with Gasteiger partial charge in [-0.3, -0.25) is 4.68 Å². The summed E-state index contributed by atoms with van der Waals surface area (Å²) in [6.07, 6.45) is 2.17. The van der Waals surface area contributed by atoms with Crippen molar-refractivity contribution in [1.82, 2.24) is 4.68 Å². The van der Waals surface area contributed by atoms with E-state index in [-0.39, 0.29) is 12.4 Å². The topological polar surface area (TPSA) is 57.2 Å². The Balaban J connectivity index is 2.15. The fourth-order valence-corrected chi connectivity index (χ4v) is 3.09. The molecule has 0 saturated heterocycles. The van der Waals surface area contributed by atoms with Crippen LogP contribution < -0.4 is 5.84 Å². The molecule has 134 valence electrons. The fraction of sp³-hybridized carbons (Fsp3) is 0.190. The third-order valence-corrected chi connectivity index (χ3v) is 4.40. The zero-order chi connectivity index (χ0) is 18.7. The number of halogens is 1. The standard InChI is InChI=1S/C21H21FN2O2/c1-3-26-21(25)20-19(15-8-5-4-6-9-15)17(13-24(20)23)12-16-10-7-11-18(22)14(16)2/h4-11,13H,3,12,23H2,1-2H3. The summed E-state index contributed by atoms with van der Waals surface area (Å²) in [6.45, 7) is 3.76. The Hall–Kier alpha value is -3.08. The SMILES string of the molecule is CCOC(=O)c1c(-c2ccccc2)c(Cc2cccc(F)c2C)cn1N. The number of nitrogens with zero attached hydrogens (tertiary/aromatic N) is 1. The van der Waals surface area contributed by atoms with Gasteiger partial charge in [-0.25, -0.2) is 9.18 Å². The normalized spacial score (nSPS) is 10.7. The molecule has 0 spiro atoms. The van der Waals surface area contributed by atoms with Crippen LogP contribution >= 0.6 is 0 Å². The van der Waals surface area contributed by atoms with Gasteiger partial charge in [0.25, 0.3) is 0 Å². The second kappa shape index (κ2) is 7.44. The van der Waals surface area contributed by atoms with Gasteiger partial charge in [0.1, 0.15) is 5.82 Å². The van der Waals surface area contributed by atoms with Gasteiger partial charge in [0, 0.05) is 18.2 Å². The Morgan fingerprint density at radius 1 is 1.12 bits per heavy atom. The van der Waals surface area contributed by atoms with Gasteiger partial charge in [0.2, 0.25) is 0 Å². The average Bonchev–Trinajstić information content (AvgIpc) is 2.96. The first-order valence-electron chi connectivity index (χ1n) is 8.48. The lowest BCUT2D eigenvalue weighted by Gasteiger charge is -2.10. The highest BCUT2D eigenvalue weighted by atomic mass is 19.1. The van der Waals surface area contributed by atoms with E-state index in [0.29, 0.717) is 17.7 Å². The van der Waals surface area contributed by atoms with Crippen molar-refractivity contribution < 1.29 is 13.9 Å². The van der Waals surface area contributed by atoms with Crippen molar-refractivity contribution >= 4 is 5.97 Å². The van der Waals surface area contributed by atoms with E-state index in [0.717, 1.165) is 22.3 Å². The molecule has 0 aliphatic rings. The van der Waals surface area contributed by atoms with Crippen molar-refractivity contribution in [3.8, 4) is 11.1 Å². The number of nitrogen functional groups attached to an aromatic ring is 1. The zero-order valence-electron chi connectivity index (χ0n) is 14.8. The number of carbonyl (C=O) groups is 1. The van der Waals surface area contributed by atoms with Crippen LogP contribution in [-0.2, 0) is 11.2 Å². The number of aromatic nitrogens is 1. The van der Waals surface area contributed by atoms with Crippen LogP contribution in [0.25, 0.3) is 11.1 Å². The number of esters is 1. The highest BCUT2D eigenvalue weighted by Gasteiger charge is 2.23. The molecule has 0 bridgehead atoms. The summed E-state index contributed by atoms with van der Waals surface area (Å²) in [7, 11) is 0. The Morgan fingerprint density at radius 3 is 2.54 bits per heavy atom. The van der Waals surface area contributed by atoms with E-state index >= 15 is 0 Å². The highest BCUT2D eigenvalue weighted by Crippen LogP contribution is 2.31. The van der Waals surface area contributed by atoms with Gasteiger partial charge in [0.15, 0.2) is 5.69 Å². The van der Waals surface area contributed by atoms with Crippen LogP contribution in [0.5, 0.6) is 0 Å². The lowest BCUT2D eigenvalue weighted by Crippen LogP contribution is -2.18. The van der Waals surface area contributed by atoms with Crippen molar-refractivity contribution in [2.24, 2.45) is 0 Å². The van der Waals surface area contributed by atoms with Gasteiger partial charge in [0.05, 0.1) is 6.61 Å². The third-order valence-electron chi connectivity index (χ3n) is 4.40. The summed E-state index contributed by atoms with van der Waals surface area (Å²) in [5.41, 5.74) is 4.16. The minimum atomic E-state index is -0.476. The van der Waals surface area contributed by atoms with E-state index in [1.165, 1.54) is 10.7 Å². The van der Waals surface area contributed by atoms with Crippen LogP contribution in [0.3, 0.4) is 0 Å². The van der Waals surface area contributed by atoms with Crippen LogP contribution in [0.4, 0.5) is 4.39 Å². The van der Waals surface area contributed by atoms with Gasteiger partial charge in [-0.2, -0.15) is 0 Å². The number of benzene rings is 2. The molecule has 5 heteroatoms. The summed E-state index contributed by atoms with van der Waals surface area (Å²) in [4.78, 5) is 12.5. The first-order valence-corrected chi connectivity index (χ1v) is 8.48. The maximum absolute atomic E-state index is 13.9. The second-order valence-corrected chi connectivity index (χ2v) is 6.07. The molecule has 3 rings (SSSR count). The van der Waals surface area contributed by atoms with E-state index in [4.69, 9.17) is 10.6 Å². The molecule has 0 atom stereocenters. The largest absolute Gasteiger partial charge is 0.461 e. The Kier molecular flexibility index (Phi) is 5.07. The first-order chi connectivity index (χ1) is 12.5. The van der Waals surface area contributed by atoms with Crippen molar-refractivity contribution in [3.63, 3.8) is 0 Å². The van der Waals surface area contributed by atoms with Crippen LogP contribution in [0, 0.1) is 12.7 Å². The van der Waals surface area contributed by atoms with Gasteiger partial charge in [-0.15, -0.1) is 0 Å². The summed E-state index contributed by atoms with van der Waals surface area (Å²) >= 11 is 0. The lowest BCUT2D eigenvalue weighted by molar-refractivity contribution is 0.0517. The molecule has 1 heterocycles. The lowest BCUT2D eigenvalue weighted by atomic mass is 9.95. The molecule has 0 radical (unpaired) electrons. The zero-order valence-corrected chi connectivity index (χ0v) is 14.8. The monoisotopic (exact) mass is 352 g/mol. The minimum Gasteiger partial charge on any atom is -0.461 e. The molecule has 0 fully saturated rings. The van der Waals surface area contributed by atoms with Crippen LogP contribution in [0.2, 0.25) is 0 Å². The van der Waals surface area contributed by atoms with Gasteiger partial charge in [-0.1, -0.05) is 42.5 Å². The molecule has 0 aliphatic carbocycles. The van der Waals surface area contributed by atoms with Crippen LogP contribution in [-0.4, -0.2) is 17.3 Å². The number of rotatable bonds is 5. The maximum Gasteiger partial charge on any atom is 0.357 e. The predicted octanol–water partition coefficient (Wildman–Crippen LogP) is 4.08. The van der Waals surface area contributed by atoms with E-state index in [2.05, 4.69) is 0 Å². The molecular weight excluding hydrogens is 331 g/mol. The summed E-state index contributed by atoms with van der Waals surface area (Å²) in [6, 6.07) is 14.5. The third kappa shape index (κ3) is 3.33. The molecule has 26 heavy (non-hydrogen) atoms. The molecule has 1 aromatic heterocycles. The van der Waals surface area contributed by atoms with Crippen molar-refractivity contribution in [2.45, 2.75) is 20.3 Å². The number of ether oxygens (including phenoxy) is 1. The van der Waals surface area contributed by atoms with E-state index in [1.807, 2.05) is 36.4 Å². The molecular formula is C21H21FN2O2. The van der Waals surface area contributed by atoms with Crippen molar-refractivity contribution in [2.75, 3.05) is 12.4 Å². The first kappa shape index (κ1) is 17.7. The van der Waals surface area contributed by atoms with E-state index in [1.54, 1.807) is 26.1 Å². The molecule has 2 N–H and O–H groups in total. The maximum atomic E-state index is 13.9. The Labute approximate surface area is 152 Å². The summed E-state index contributed by atoms with van der Waals surface area (Å²) < 4.78 is 20.4. The van der Waals surface area contributed by atoms with Crippen LogP contribution in [0.15, 0.2) is 54.7 Å². The number of hydrogen-bond acceptors (Lipinski definition) is 3. The minimum absolute atomic E-state index is 0.249. The molecule has 0 saturated carbocycles. The van der Waals surface area contributed by atoms with Crippen molar-refractivity contribution in [1.29, 1.82) is 0 Å². The van der Waals surface area contributed by atoms with E-state index in [9.17, 15) is 9.18 Å². The van der Waals surface area contributed by atoms with Gasteiger partial charge in [-0.05, 0) is 42.2 Å². The Bertz CT molecular complexity index is 933. The molecule has 0 aliphatic heterocycles. The average molecular weight is 352 g/mol. The summed E-state index contributed by atoms with van der Waals surface area (Å²) in [5, 5.41) is 0.